The Labute approximate surface area is 153 Å². The Hall–Kier alpha value is -1.85. The molecule has 0 aliphatic carbocycles. The zero-order valence-corrected chi connectivity index (χ0v) is 15.4. The number of halogens is 1. The summed E-state index contributed by atoms with van der Waals surface area (Å²) in [6.07, 6.45) is 2.50. The molecule has 6 heteroatoms. The number of likely N-dealkylation sites (tertiary alicyclic amines) is 1. The van der Waals surface area contributed by atoms with Gasteiger partial charge in [-0.1, -0.05) is 11.6 Å². The molecule has 1 aromatic carbocycles. The maximum atomic E-state index is 10.2. The first-order chi connectivity index (χ1) is 12.0. The van der Waals surface area contributed by atoms with E-state index in [9.17, 15) is 5.11 Å². The van der Waals surface area contributed by atoms with Crippen molar-refractivity contribution in [2.24, 2.45) is 5.92 Å². The summed E-state index contributed by atoms with van der Waals surface area (Å²) in [5.41, 5.74) is 2.38. The predicted octanol–water partition coefficient (Wildman–Crippen LogP) is 3.34. The van der Waals surface area contributed by atoms with Crippen LogP contribution in [0, 0.1) is 12.8 Å². The standard InChI is InChI=1S/C19H23ClN4O/c1-12-9-18(24-8-6-13-5-7-23(2)11-16(13)24)21-22-19(12)15-4-3-14(20)10-17(15)25/h3-4,9-10,13,16,25H,5-8,11H2,1-2H3/t13-,16-/m0/s1. The van der Waals surface area contributed by atoms with Crippen LogP contribution in [0.4, 0.5) is 5.82 Å². The molecular formula is C19H23ClN4O. The number of phenolic OH excluding ortho intramolecular Hbond substituents is 1. The van der Waals surface area contributed by atoms with Crippen LogP contribution in [0.15, 0.2) is 24.3 Å². The zero-order chi connectivity index (χ0) is 17.6. The molecule has 2 fully saturated rings. The molecule has 2 aliphatic heterocycles. The van der Waals surface area contributed by atoms with Crippen LogP contribution in [0.5, 0.6) is 5.75 Å². The number of hydrogen-bond acceptors (Lipinski definition) is 5. The van der Waals surface area contributed by atoms with E-state index in [4.69, 9.17) is 11.6 Å². The van der Waals surface area contributed by atoms with Gasteiger partial charge in [0.1, 0.15) is 5.75 Å². The molecule has 0 bridgehead atoms. The maximum absolute atomic E-state index is 10.2. The van der Waals surface area contributed by atoms with Gasteiger partial charge in [-0.15, -0.1) is 10.2 Å². The Balaban J connectivity index is 1.64. The highest BCUT2D eigenvalue weighted by Gasteiger charge is 2.38. The lowest BCUT2D eigenvalue weighted by molar-refractivity contribution is 0.207. The number of hydrogen-bond donors (Lipinski definition) is 1. The second-order valence-electron chi connectivity index (χ2n) is 7.26. The van der Waals surface area contributed by atoms with Crippen molar-refractivity contribution in [1.82, 2.24) is 15.1 Å². The van der Waals surface area contributed by atoms with Crippen molar-refractivity contribution in [2.75, 3.05) is 31.6 Å². The molecule has 25 heavy (non-hydrogen) atoms. The predicted molar refractivity (Wildman–Crippen MR) is 100 cm³/mol. The number of aromatic nitrogens is 2. The molecule has 3 heterocycles. The van der Waals surface area contributed by atoms with Crippen molar-refractivity contribution in [1.29, 1.82) is 0 Å². The van der Waals surface area contributed by atoms with Crippen LogP contribution in [-0.4, -0.2) is 52.9 Å². The Morgan fingerprint density at radius 3 is 2.72 bits per heavy atom. The Kier molecular flexibility index (Phi) is 4.29. The van der Waals surface area contributed by atoms with Gasteiger partial charge < -0.3 is 14.9 Å². The van der Waals surface area contributed by atoms with E-state index in [0.29, 0.717) is 22.3 Å². The third-order valence-electron chi connectivity index (χ3n) is 5.55. The SMILES string of the molecule is Cc1cc(N2CC[C@@H]3CCN(C)C[C@@H]32)nnc1-c1ccc(Cl)cc1O. The van der Waals surface area contributed by atoms with E-state index in [-0.39, 0.29) is 5.75 Å². The maximum Gasteiger partial charge on any atom is 0.151 e. The number of anilines is 1. The van der Waals surface area contributed by atoms with E-state index < -0.39 is 0 Å². The molecule has 0 saturated carbocycles. The van der Waals surface area contributed by atoms with Crippen LogP contribution < -0.4 is 4.90 Å². The molecule has 4 rings (SSSR count). The monoisotopic (exact) mass is 358 g/mol. The fourth-order valence-electron chi connectivity index (χ4n) is 4.17. The van der Waals surface area contributed by atoms with Crippen LogP contribution in [0.2, 0.25) is 5.02 Å². The van der Waals surface area contributed by atoms with E-state index in [1.54, 1.807) is 12.1 Å². The number of aromatic hydroxyl groups is 1. The van der Waals surface area contributed by atoms with Crippen molar-refractivity contribution in [2.45, 2.75) is 25.8 Å². The van der Waals surface area contributed by atoms with Gasteiger partial charge in [0.25, 0.3) is 0 Å². The number of likely N-dealkylation sites (N-methyl/N-ethyl adjacent to an activating group) is 1. The van der Waals surface area contributed by atoms with Gasteiger partial charge in [0.05, 0.1) is 5.69 Å². The molecule has 1 aromatic heterocycles. The van der Waals surface area contributed by atoms with E-state index in [0.717, 1.165) is 30.4 Å². The highest BCUT2D eigenvalue weighted by molar-refractivity contribution is 6.30. The Morgan fingerprint density at radius 2 is 1.96 bits per heavy atom. The summed E-state index contributed by atoms with van der Waals surface area (Å²) in [4.78, 5) is 4.81. The highest BCUT2D eigenvalue weighted by Crippen LogP contribution is 2.36. The first-order valence-electron chi connectivity index (χ1n) is 8.81. The summed E-state index contributed by atoms with van der Waals surface area (Å²) in [7, 11) is 2.19. The van der Waals surface area contributed by atoms with E-state index >= 15 is 0 Å². The third-order valence-corrected chi connectivity index (χ3v) is 5.78. The van der Waals surface area contributed by atoms with Gasteiger partial charge in [-0.05, 0) is 69.1 Å². The van der Waals surface area contributed by atoms with E-state index in [2.05, 4.69) is 33.1 Å². The lowest BCUT2D eigenvalue weighted by atomic mass is 9.92. The molecule has 5 nitrogen and oxygen atoms in total. The van der Waals surface area contributed by atoms with Gasteiger partial charge in [0.15, 0.2) is 5.82 Å². The minimum atomic E-state index is 0.132. The van der Waals surface area contributed by atoms with Gasteiger partial charge in [-0.2, -0.15) is 0 Å². The molecular weight excluding hydrogens is 336 g/mol. The minimum absolute atomic E-state index is 0.132. The fraction of sp³-hybridized carbons (Fsp3) is 0.474. The number of benzene rings is 1. The lowest BCUT2D eigenvalue weighted by Crippen LogP contribution is -2.47. The van der Waals surface area contributed by atoms with Gasteiger partial charge in [-0.3, -0.25) is 0 Å². The van der Waals surface area contributed by atoms with Gasteiger partial charge in [-0.25, -0.2) is 0 Å². The van der Waals surface area contributed by atoms with Crippen molar-refractivity contribution in [3.05, 3.63) is 34.9 Å². The number of aryl methyl sites for hydroxylation is 1. The summed E-state index contributed by atoms with van der Waals surface area (Å²) in [6.45, 7) is 5.34. The van der Waals surface area contributed by atoms with E-state index in [1.165, 1.54) is 25.5 Å². The van der Waals surface area contributed by atoms with Crippen molar-refractivity contribution in [3.63, 3.8) is 0 Å². The third kappa shape index (κ3) is 3.07. The van der Waals surface area contributed by atoms with Crippen molar-refractivity contribution < 1.29 is 5.11 Å². The van der Waals surface area contributed by atoms with Crippen LogP contribution in [0.3, 0.4) is 0 Å². The zero-order valence-electron chi connectivity index (χ0n) is 14.6. The average Bonchev–Trinajstić information content (AvgIpc) is 2.98. The van der Waals surface area contributed by atoms with Crippen LogP contribution in [0.25, 0.3) is 11.3 Å². The van der Waals surface area contributed by atoms with E-state index in [1.807, 2.05) is 6.92 Å². The molecule has 0 unspecified atom stereocenters. The molecule has 2 aliphatic rings. The molecule has 0 radical (unpaired) electrons. The smallest absolute Gasteiger partial charge is 0.151 e. The van der Waals surface area contributed by atoms with Crippen molar-refractivity contribution in [3.8, 4) is 17.0 Å². The number of phenols is 1. The summed E-state index contributed by atoms with van der Waals surface area (Å²) in [6, 6.07) is 7.70. The molecule has 1 N–H and O–H groups in total. The molecule has 2 atom stereocenters. The highest BCUT2D eigenvalue weighted by atomic mass is 35.5. The Bertz CT molecular complexity index is 797. The molecule has 132 valence electrons. The molecule has 0 spiro atoms. The van der Waals surface area contributed by atoms with Gasteiger partial charge in [0.2, 0.25) is 0 Å². The first-order valence-corrected chi connectivity index (χ1v) is 9.19. The van der Waals surface area contributed by atoms with Gasteiger partial charge in [0, 0.05) is 29.7 Å². The van der Waals surface area contributed by atoms with Gasteiger partial charge >= 0.3 is 0 Å². The summed E-state index contributed by atoms with van der Waals surface area (Å²) >= 11 is 5.93. The summed E-state index contributed by atoms with van der Waals surface area (Å²) in [5, 5.41) is 19.6. The molecule has 2 saturated heterocycles. The fourth-order valence-corrected chi connectivity index (χ4v) is 4.33. The largest absolute Gasteiger partial charge is 0.507 e. The second-order valence-corrected chi connectivity index (χ2v) is 7.69. The van der Waals surface area contributed by atoms with Crippen LogP contribution >= 0.6 is 11.6 Å². The number of fused-ring (bicyclic) bond motifs is 1. The molecule has 0 amide bonds. The quantitative estimate of drug-likeness (QED) is 0.892. The number of rotatable bonds is 2. The summed E-state index contributed by atoms with van der Waals surface area (Å²) < 4.78 is 0. The average molecular weight is 359 g/mol. The normalized spacial score (nSPS) is 23.7. The second kappa shape index (κ2) is 6.46. The number of piperidine rings is 1. The van der Waals surface area contributed by atoms with Crippen LogP contribution in [0.1, 0.15) is 18.4 Å². The Morgan fingerprint density at radius 1 is 1.16 bits per heavy atom. The number of nitrogens with zero attached hydrogens (tertiary/aromatic N) is 4. The lowest BCUT2D eigenvalue weighted by Gasteiger charge is -2.37. The first kappa shape index (κ1) is 16.6. The topological polar surface area (TPSA) is 52.5 Å². The summed E-state index contributed by atoms with van der Waals surface area (Å²) in [5.74, 6) is 1.84. The van der Waals surface area contributed by atoms with Crippen molar-refractivity contribution >= 4 is 17.4 Å². The van der Waals surface area contributed by atoms with Crippen LogP contribution in [-0.2, 0) is 0 Å². The molecule has 2 aromatic rings. The minimum Gasteiger partial charge on any atom is -0.507 e.